The third kappa shape index (κ3) is 3.60. The highest BCUT2D eigenvalue weighted by atomic mass is 16.5. The van der Waals surface area contributed by atoms with E-state index in [1.165, 1.54) is 11.1 Å². The predicted octanol–water partition coefficient (Wildman–Crippen LogP) is 6.52. The van der Waals surface area contributed by atoms with Crippen molar-refractivity contribution >= 4 is 21.5 Å². The molecule has 0 N–H and O–H groups in total. The summed E-state index contributed by atoms with van der Waals surface area (Å²) in [7, 11) is 0. The Labute approximate surface area is 155 Å². The van der Waals surface area contributed by atoms with Gasteiger partial charge in [0.15, 0.2) is 0 Å². The Kier molecular flexibility index (Phi) is 5.62. The molecule has 0 fully saturated rings. The number of benzene rings is 3. The fraction of sp³-hybridized carbons (Fsp3) is 0.250. The first kappa shape index (κ1) is 18.1. The number of aryl methyl sites for hydroxylation is 2. The third-order valence-electron chi connectivity index (χ3n) is 4.47. The number of rotatable bonds is 8. The van der Waals surface area contributed by atoms with E-state index in [1.807, 2.05) is 12.2 Å². The molecule has 0 saturated carbocycles. The molecule has 0 aliphatic rings. The summed E-state index contributed by atoms with van der Waals surface area (Å²) in [6, 6.07) is 12.9. The monoisotopic (exact) mass is 346 g/mol. The van der Waals surface area contributed by atoms with Crippen LogP contribution in [-0.4, -0.2) is 13.2 Å². The average Bonchev–Trinajstić information content (AvgIpc) is 2.63. The van der Waals surface area contributed by atoms with Crippen LogP contribution < -0.4 is 9.47 Å². The van der Waals surface area contributed by atoms with Gasteiger partial charge in [-0.25, -0.2) is 0 Å². The molecule has 0 heterocycles. The van der Waals surface area contributed by atoms with Crippen LogP contribution in [0.2, 0.25) is 0 Å². The van der Waals surface area contributed by atoms with Crippen molar-refractivity contribution in [1.29, 1.82) is 0 Å². The van der Waals surface area contributed by atoms with Gasteiger partial charge in [0.1, 0.15) is 11.5 Å². The zero-order valence-corrected chi connectivity index (χ0v) is 15.7. The van der Waals surface area contributed by atoms with Gasteiger partial charge in [0.05, 0.1) is 13.2 Å². The second kappa shape index (κ2) is 8.09. The minimum absolute atomic E-state index is 0.617. The van der Waals surface area contributed by atoms with Crippen LogP contribution in [0.3, 0.4) is 0 Å². The van der Waals surface area contributed by atoms with E-state index in [0.29, 0.717) is 13.2 Å². The lowest BCUT2D eigenvalue weighted by molar-refractivity contribution is 0.327. The van der Waals surface area contributed by atoms with Gasteiger partial charge in [0.25, 0.3) is 0 Å². The van der Waals surface area contributed by atoms with Gasteiger partial charge >= 0.3 is 0 Å². The molecule has 3 aromatic rings. The van der Waals surface area contributed by atoms with Crippen LogP contribution in [0, 0.1) is 13.8 Å². The molecule has 0 radical (unpaired) electrons. The normalized spacial score (nSPS) is 10.8. The van der Waals surface area contributed by atoms with Gasteiger partial charge in [-0.3, -0.25) is 0 Å². The van der Waals surface area contributed by atoms with Gasteiger partial charge in [0, 0.05) is 21.5 Å². The molecular weight excluding hydrogens is 320 g/mol. The lowest BCUT2D eigenvalue weighted by Crippen LogP contribution is -2.01. The molecule has 0 atom stereocenters. The fourth-order valence-corrected chi connectivity index (χ4v) is 3.18. The smallest absolute Gasteiger partial charge is 0.135 e. The van der Waals surface area contributed by atoms with E-state index < -0.39 is 0 Å². The summed E-state index contributed by atoms with van der Waals surface area (Å²) in [4.78, 5) is 0. The molecule has 0 saturated heterocycles. The van der Waals surface area contributed by atoms with Gasteiger partial charge < -0.3 is 9.47 Å². The quantitative estimate of drug-likeness (QED) is 0.263. The molecule has 0 amide bonds. The maximum atomic E-state index is 6.22. The van der Waals surface area contributed by atoms with E-state index in [9.17, 15) is 0 Å². The van der Waals surface area contributed by atoms with Crippen molar-refractivity contribution in [3.8, 4) is 11.5 Å². The Bertz CT molecular complexity index is 890. The first-order chi connectivity index (χ1) is 12.7. The fourth-order valence-electron chi connectivity index (χ4n) is 3.18. The van der Waals surface area contributed by atoms with Crippen molar-refractivity contribution in [2.24, 2.45) is 0 Å². The Hall–Kier alpha value is -2.74. The molecule has 2 heteroatoms. The minimum atomic E-state index is 0.617. The molecule has 26 heavy (non-hydrogen) atoms. The molecule has 3 rings (SSSR count). The summed E-state index contributed by atoms with van der Waals surface area (Å²) in [5.41, 5.74) is 2.41. The molecule has 0 aliphatic carbocycles. The van der Waals surface area contributed by atoms with Gasteiger partial charge in [0.2, 0.25) is 0 Å². The second-order valence-electron chi connectivity index (χ2n) is 6.61. The number of ether oxygens (including phenoxy) is 2. The van der Waals surface area contributed by atoms with Gasteiger partial charge in [-0.1, -0.05) is 47.5 Å². The first-order valence-corrected chi connectivity index (χ1v) is 9.09. The highest BCUT2D eigenvalue weighted by Gasteiger charge is 2.16. The number of hydrogen-bond acceptors (Lipinski definition) is 2. The maximum Gasteiger partial charge on any atom is 0.135 e. The summed E-state index contributed by atoms with van der Waals surface area (Å²) in [6.45, 7) is 13.0. The van der Waals surface area contributed by atoms with Crippen LogP contribution >= 0.6 is 0 Å². The zero-order chi connectivity index (χ0) is 18.5. The van der Waals surface area contributed by atoms with Crippen LogP contribution in [0.5, 0.6) is 11.5 Å². The van der Waals surface area contributed by atoms with Crippen LogP contribution in [0.1, 0.15) is 24.0 Å². The van der Waals surface area contributed by atoms with Crippen molar-refractivity contribution in [3.05, 3.63) is 72.8 Å². The van der Waals surface area contributed by atoms with E-state index in [4.69, 9.17) is 9.47 Å². The Morgan fingerprint density at radius 2 is 1.12 bits per heavy atom. The Morgan fingerprint density at radius 3 is 1.54 bits per heavy atom. The zero-order valence-electron chi connectivity index (χ0n) is 15.7. The average molecular weight is 346 g/mol. The molecule has 0 aromatic heterocycles. The molecule has 2 nitrogen and oxygen atoms in total. The molecule has 3 aromatic carbocycles. The van der Waals surface area contributed by atoms with E-state index in [2.05, 4.69) is 63.4 Å². The van der Waals surface area contributed by atoms with Crippen molar-refractivity contribution < 1.29 is 9.47 Å². The van der Waals surface area contributed by atoms with Crippen molar-refractivity contribution in [2.75, 3.05) is 13.2 Å². The second-order valence-corrected chi connectivity index (χ2v) is 6.61. The Morgan fingerprint density at radius 1 is 0.692 bits per heavy atom. The summed E-state index contributed by atoms with van der Waals surface area (Å²) >= 11 is 0. The Balaban J connectivity index is 2.28. The van der Waals surface area contributed by atoms with Gasteiger partial charge in [-0.2, -0.15) is 0 Å². The number of fused-ring (bicyclic) bond motifs is 2. The highest BCUT2D eigenvalue weighted by molar-refractivity contribution is 6.11. The van der Waals surface area contributed by atoms with E-state index in [-0.39, 0.29) is 0 Å². The van der Waals surface area contributed by atoms with E-state index >= 15 is 0 Å². The lowest BCUT2D eigenvalue weighted by atomic mass is 9.98. The standard InChI is InChI=1S/C24H26O2/c1-5-7-13-25-23-19-11-9-17(3)15-21(19)24(26-14-8-6-2)22-16-18(4)10-12-20(22)23/h5-6,9-12,15-16H,1-2,7-8,13-14H2,3-4H3. The van der Waals surface area contributed by atoms with E-state index in [0.717, 1.165) is 45.9 Å². The molecule has 0 aliphatic heterocycles. The van der Waals surface area contributed by atoms with Gasteiger partial charge in [-0.15, -0.1) is 13.2 Å². The van der Waals surface area contributed by atoms with E-state index in [1.54, 1.807) is 0 Å². The van der Waals surface area contributed by atoms with Crippen LogP contribution in [0.15, 0.2) is 61.7 Å². The molecular formula is C24H26O2. The van der Waals surface area contributed by atoms with Crippen molar-refractivity contribution in [2.45, 2.75) is 26.7 Å². The molecule has 0 bridgehead atoms. The topological polar surface area (TPSA) is 18.5 Å². The largest absolute Gasteiger partial charge is 0.492 e. The molecule has 0 unspecified atom stereocenters. The summed E-state index contributed by atoms with van der Waals surface area (Å²) in [5.74, 6) is 1.85. The molecule has 134 valence electrons. The highest BCUT2D eigenvalue weighted by Crippen LogP contribution is 2.43. The SMILES string of the molecule is C=CCCOc1c2ccc(C)cc2c(OCCC=C)c2cc(C)ccc12. The lowest BCUT2D eigenvalue weighted by Gasteiger charge is -2.18. The summed E-state index contributed by atoms with van der Waals surface area (Å²) in [5, 5.41) is 4.37. The van der Waals surface area contributed by atoms with Gasteiger partial charge in [-0.05, 0) is 38.8 Å². The van der Waals surface area contributed by atoms with Crippen LogP contribution in [0.4, 0.5) is 0 Å². The van der Waals surface area contributed by atoms with Crippen LogP contribution in [-0.2, 0) is 0 Å². The van der Waals surface area contributed by atoms with Crippen molar-refractivity contribution in [1.82, 2.24) is 0 Å². The summed E-state index contributed by atoms with van der Waals surface area (Å²) in [6.07, 6.45) is 5.40. The predicted molar refractivity (Wildman–Crippen MR) is 112 cm³/mol. The van der Waals surface area contributed by atoms with Crippen LogP contribution in [0.25, 0.3) is 21.5 Å². The summed E-state index contributed by atoms with van der Waals surface area (Å²) < 4.78 is 12.4. The third-order valence-corrected chi connectivity index (χ3v) is 4.47. The first-order valence-electron chi connectivity index (χ1n) is 9.09. The maximum absolute atomic E-state index is 6.22. The molecule has 0 spiro atoms. The number of hydrogen-bond donors (Lipinski definition) is 0. The minimum Gasteiger partial charge on any atom is -0.492 e. The van der Waals surface area contributed by atoms with Crippen molar-refractivity contribution in [3.63, 3.8) is 0 Å².